The predicted molar refractivity (Wildman–Crippen MR) is 110 cm³/mol. The molecule has 3 aliphatic rings. The molecule has 0 aromatic heterocycles. The van der Waals surface area contributed by atoms with Crippen LogP contribution in [0.5, 0.6) is 0 Å². The number of nitrogens with zero attached hydrogens (tertiary/aromatic N) is 1. The molecule has 0 radical (unpaired) electrons. The van der Waals surface area contributed by atoms with Crippen molar-refractivity contribution in [3.63, 3.8) is 0 Å². The lowest BCUT2D eigenvalue weighted by Gasteiger charge is -2.24. The summed E-state index contributed by atoms with van der Waals surface area (Å²) in [7, 11) is -3.72. The Labute approximate surface area is 165 Å². The van der Waals surface area contributed by atoms with Gasteiger partial charge in [-0.1, -0.05) is 23.8 Å². The minimum absolute atomic E-state index is 0.110. The molecule has 28 heavy (non-hydrogen) atoms. The highest BCUT2D eigenvalue weighted by Gasteiger charge is 2.37. The van der Waals surface area contributed by atoms with Crippen LogP contribution in [-0.4, -0.2) is 20.4 Å². The number of hydrogen-bond donors (Lipinski definition) is 1. The zero-order valence-corrected chi connectivity index (χ0v) is 16.6. The van der Waals surface area contributed by atoms with E-state index in [1.807, 2.05) is 31.2 Å². The van der Waals surface area contributed by atoms with Gasteiger partial charge in [-0.2, -0.15) is 0 Å². The Hall–Kier alpha value is -2.60. The van der Waals surface area contributed by atoms with Crippen LogP contribution in [0.4, 0.5) is 11.4 Å². The van der Waals surface area contributed by atoms with Gasteiger partial charge in [-0.05, 0) is 68.9 Å². The summed E-state index contributed by atoms with van der Waals surface area (Å²) in [5.74, 6) is -0.110. The van der Waals surface area contributed by atoms with Crippen LogP contribution in [0.1, 0.15) is 43.7 Å². The average molecular weight is 394 g/mol. The van der Waals surface area contributed by atoms with E-state index >= 15 is 0 Å². The Balaban J connectivity index is 1.62. The number of sulfonamides is 1. The number of rotatable bonds is 2. The highest BCUT2D eigenvalue weighted by atomic mass is 32.2. The zero-order chi connectivity index (χ0) is 19.5. The third-order valence-electron chi connectivity index (χ3n) is 6.00. The van der Waals surface area contributed by atoms with E-state index in [4.69, 9.17) is 0 Å². The molecule has 0 spiro atoms. The molecule has 1 fully saturated rings. The summed E-state index contributed by atoms with van der Waals surface area (Å²) in [5, 5.41) is 2.89. The lowest BCUT2D eigenvalue weighted by atomic mass is 10.00. The molecule has 2 aromatic rings. The van der Waals surface area contributed by atoms with Gasteiger partial charge in [0, 0.05) is 22.9 Å². The third-order valence-corrected chi connectivity index (χ3v) is 7.92. The molecule has 1 amide bonds. The molecule has 0 saturated heterocycles. The van der Waals surface area contributed by atoms with Gasteiger partial charge in [0.25, 0.3) is 15.9 Å². The standard InChI is InChI=1S/C22H22N2O3S/c1-14-12-16-8-4-5-9-20(16)24(14)28(26,27)17-10-11-19-18(13-17)21(22(25)23-19)15-6-2-3-7-15/h4-5,8-11,13-14H,2-3,6-7,12H2,1H3,(H,23,25)/t14-/m1/s1. The molecule has 2 aromatic carbocycles. The predicted octanol–water partition coefficient (Wildman–Crippen LogP) is 4.11. The van der Waals surface area contributed by atoms with Gasteiger partial charge in [-0.3, -0.25) is 9.10 Å². The van der Waals surface area contributed by atoms with Gasteiger partial charge in [0.1, 0.15) is 0 Å². The molecule has 5 nitrogen and oxygen atoms in total. The summed E-state index contributed by atoms with van der Waals surface area (Å²) in [6.45, 7) is 1.93. The van der Waals surface area contributed by atoms with Crippen molar-refractivity contribution in [1.82, 2.24) is 0 Å². The monoisotopic (exact) mass is 394 g/mol. The summed E-state index contributed by atoms with van der Waals surface area (Å²) in [5.41, 5.74) is 5.05. The van der Waals surface area contributed by atoms with Crippen molar-refractivity contribution >= 4 is 32.9 Å². The van der Waals surface area contributed by atoms with Crippen LogP contribution in [0.3, 0.4) is 0 Å². The van der Waals surface area contributed by atoms with E-state index in [9.17, 15) is 13.2 Å². The number of nitrogens with one attached hydrogen (secondary N) is 1. The van der Waals surface area contributed by atoms with Gasteiger partial charge in [0.05, 0.1) is 10.6 Å². The maximum atomic E-state index is 13.5. The third kappa shape index (κ3) is 2.51. The molecule has 2 aliphatic heterocycles. The number of fused-ring (bicyclic) bond motifs is 2. The Kier molecular flexibility index (Phi) is 3.88. The summed E-state index contributed by atoms with van der Waals surface area (Å²) in [6, 6.07) is 12.5. The van der Waals surface area contributed by atoms with Crippen LogP contribution >= 0.6 is 0 Å². The van der Waals surface area contributed by atoms with Crippen LogP contribution in [-0.2, 0) is 21.2 Å². The second-order valence-electron chi connectivity index (χ2n) is 7.83. The number of carbonyl (C=O) groups excluding carboxylic acids is 1. The lowest BCUT2D eigenvalue weighted by molar-refractivity contribution is -0.110. The average Bonchev–Trinajstić information content (AvgIpc) is 3.36. The Morgan fingerprint density at radius 3 is 2.61 bits per heavy atom. The van der Waals surface area contributed by atoms with E-state index in [2.05, 4.69) is 5.32 Å². The van der Waals surface area contributed by atoms with E-state index in [1.54, 1.807) is 18.2 Å². The smallest absolute Gasteiger partial charge is 0.264 e. The van der Waals surface area contributed by atoms with Gasteiger partial charge < -0.3 is 5.32 Å². The summed E-state index contributed by atoms with van der Waals surface area (Å²) >= 11 is 0. The van der Waals surface area contributed by atoms with Gasteiger partial charge in [0.15, 0.2) is 0 Å². The molecule has 0 bridgehead atoms. The molecule has 0 unspecified atom stereocenters. The van der Waals surface area contributed by atoms with Crippen LogP contribution in [0, 0.1) is 0 Å². The molecule has 6 heteroatoms. The largest absolute Gasteiger partial charge is 0.321 e. The maximum absolute atomic E-state index is 13.5. The van der Waals surface area contributed by atoms with Crippen LogP contribution in [0.15, 0.2) is 52.9 Å². The van der Waals surface area contributed by atoms with Crippen molar-refractivity contribution in [2.24, 2.45) is 0 Å². The molecular formula is C22H22N2O3S. The Morgan fingerprint density at radius 1 is 1.07 bits per heavy atom. The molecule has 5 rings (SSSR count). The lowest BCUT2D eigenvalue weighted by Crippen LogP contribution is -2.35. The number of amides is 1. The highest BCUT2D eigenvalue weighted by Crippen LogP contribution is 2.42. The first kappa shape index (κ1) is 17.5. The molecule has 144 valence electrons. The topological polar surface area (TPSA) is 66.5 Å². The number of anilines is 2. The summed E-state index contributed by atoms with van der Waals surface area (Å²) < 4.78 is 28.6. The normalized spacial score (nSPS) is 21.1. The number of para-hydroxylation sites is 1. The second-order valence-corrected chi connectivity index (χ2v) is 9.64. The first-order chi connectivity index (χ1) is 13.5. The van der Waals surface area contributed by atoms with Crippen molar-refractivity contribution < 1.29 is 13.2 Å². The van der Waals surface area contributed by atoms with Gasteiger partial charge in [-0.15, -0.1) is 0 Å². The fourth-order valence-electron chi connectivity index (χ4n) is 4.73. The summed E-state index contributed by atoms with van der Waals surface area (Å²) in [4.78, 5) is 12.8. The maximum Gasteiger partial charge on any atom is 0.264 e. The van der Waals surface area contributed by atoms with Gasteiger partial charge in [0.2, 0.25) is 0 Å². The van der Waals surface area contributed by atoms with Gasteiger partial charge >= 0.3 is 0 Å². The van der Waals surface area contributed by atoms with Gasteiger partial charge in [-0.25, -0.2) is 8.42 Å². The number of benzene rings is 2. The minimum Gasteiger partial charge on any atom is -0.321 e. The number of carbonyl (C=O) groups is 1. The molecule has 1 aliphatic carbocycles. The molecule has 1 saturated carbocycles. The quantitative estimate of drug-likeness (QED) is 0.780. The van der Waals surface area contributed by atoms with Crippen molar-refractivity contribution in [3.05, 3.63) is 59.2 Å². The number of hydrogen-bond acceptors (Lipinski definition) is 3. The fraction of sp³-hybridized carbons (Fsp3) is 0.318. The Bertz CT molecular complexity index is 1130. The first-order valence-electron chi connectivity index (χ1n) is 9.77. The molecule has 2 heterocycles. The first-order valence-corrected chi connectivity index (χ1v) is 11.2. The molecule has 1 atom stereocenters. The van der Waals surface area contributed by atoms with E-state index in [0.29, 0.717) is 17.7 Å². The van der Waals surface area contributed by atoms with Crippen molar-refractivity contribution in [3.8, 4) is 0 Å². The van der Waals surface area contributed by atoms with E-state index in [-0.39, 0.29) is 16.8 Å². The SMILES string of the molecule is C[C@@H]1Cc2ccccc2N1S(=O)(=O)c1ccc2c(c1)C(=C1CCCC1)C(=O)N2. The second kappa shape index (κ2) is 6.21. The van der Waals surface area contributed by atoms with E-state index < -0.39 is 10.0 Å². The van der Waals surface area contributed by atoms with Crippen LogP contribution in [0.25, 0.3) is 5.57 Å². The van der Waals surface area contributed by atoms with Crippen molar-refractivity contribution in [1.29, 1.82) is 0 Å². The zero-order valence-electron chi connectivity index (χ0n) is 15.7. The van der Waals surface area contributed by atoms with E-state index in [0.717, 1.165) is 48.1 Å². The molecular weight excluding hydrogens is 372 g/mol. The Morgan fingerprint density at radius 2 is 1.82 bits per heavy atom. The van der Waals surface area contributed by atoms with Crippen molar-refractivity contribution in [2.75, 3.05) is 9.62 Å². The van der Waals surface area contributed by atoms with Crippen LogP contribution < -0.4 is 9.62 Å². The fourth-order valence-corrected chi connectivity index (χ4v) is 6.45. The molecule has 1 N–H and O–H groups in total. The number of allylic oxidation sites excluding steroid dienone is 1. The highest BCUT2D eigenvalue weighted by molar-refractivity contribution is 7.92. The van der Waals surface area contributed by atoms with Crippen molar-refractivity contribution in [2.45, 2.75) is 50.0 Å². The van der Waals surface area contributed by atoms with E-state index in [1.165, 1.54) is 4.31 Å². The minimum atomic E-state index is -3.72. The summed E-state index contributed by atoms with van der Waals surface area (Å²) in [6.07, 6.45) is 4.70. The van der Waals surface area contributed by atoms with Crippen LogP contribution in [0.2, 0.25) is 0 Å².